The third-order valence-electron chi connectivity index (χ3n) is 5.54. The van der Waals surface area contributed by atoms with E-state index in [1.165, 1.54) is 18.4 Å². The zero-order valence-electron chi connectivity index (χ0n) is 19.6. The van der Waals surface area contributed by atoms with Crippen molar-refractivity contribution >= 4 is 16.0 Å². The normalized spacial score (nSPS) is 11.8. The van der Waals surface area contributed by atoms with Gasteiger partial charge in [-0.25, -0.2) is 0 Å². The van der Waals surface area contributed by atoms with Crippen LogP contribution in [0.2, 0.25) is 0 Å². The van der Waals surface area contributed by atoms with Crippen molar-refractivity contribution in [1.29, 1.82) is 0 Å². The van der Waals surface area contributed by atoms with Crippen LogP contribution >= 0.6 is 0 Å². The Morgan fingerprint density at radius 3 is 2.30 bits per heavy atom. The Balaban J connectivity index is 1.52. The molecule has 1 heterocycles. The number of carbonyl (C=O) groups excluding carboxylic acids is 1. The first kappa shape index (κ1) is 26.0. The molecule has 0 saturated carbocycles. The number of amides is 1. The number of benzene rings is 3. The highest BCUT2D eigenvalue weighted by Gasteiger charge is 2.32. The van der Waals surface area contributed by atoms with Crippen molar-refractivity contribution in [3.8, 4) is 5.75 Å². The molecule has 0 bridgehead atoms. The summed E-state index contributed by atoms with van der Waals surface area (Å²) < 4.78 is 74.5. The zero-order chi connectivity index (χ0) is 26.6. The Morgan fingerprint density at radius 2 is 1.65 bits per heavy atom. The number of hydrogen-bond donors (Lipinski definition) is 0. The fraction of sp³-hybridized carbons (Fsp3) is 0.148. The molecule has 0 atom stereocenters. The van der Waals surface area contributed by atoms with Gasteiger partial charge in [0.05, 0.1) is 18.4 Å². The molecule has 3 aromatic carbocycles. The molecule has 0 radical (unpaired) electrons. The van der Waals surface area contributed by atoms with E-state index >= 15 is 0 Å². The molecule has 0 aliphatic heterocycles. The average Bonchev–Trinajstić information content (AvgIpc) is 3.37. The van der Waals surface area contributed by atoms with Gasteiger partial charge in [-0.3, -0.25) is 4.79 Å². The maximum Gasteiger partial charge on any atom is 0.416 e. The third kappa shape index (κ3) is 6.39. The minimum absolute atomic E-state index is 0.0797. The van der Waals surface area contributed by atoms with E-state index in [1.807, 2.05) is 19.1 Å². The van der Waals surface area contributed by atoms with Crippen molar-refractivity contribution in [2.75, 3.05) is 0 Å². The summed E-state index contributed by atoms with van der Waals surface area (Å²) in [6.45, 7) is 2.24. The van der Waals surface area contributed by atoms with Gasteiger partial charge in [-0.2, -0.15) is 21.6 Å². The van der Waals surface area contributed by atoms with Crippen LogP contribution in [0.1, 0.15) is 32.8 Å². The minimum atomic E-state index is -4.69. The van der Waals surface area contributed by atoms with Crippen molar-refractivity contribution < 1.29 is 35.0 Å². The highest BCUT2D eigenvalue weighted by Crippen LogP contribution is 2.31. The zero-order valence-corrected chi connectivity index (χ0v) is 20.4. The van der Waals surface area contributed by atoms with Gasteiger partial charge in [0.25, 0.3) is 5.91 Å². The Hall–Kier alpha value is -4.05. The van der Waals surface area contributed by atoms with Crippen LogP contribution in [0.15, 0.2) is 101 Å². The summed E-state index contributed by atoms with van der Waals surface area (Å²) in [4.78, 5) is 14.3. The standard InChI is InChI=1S/C27H22F3NO5S/c1-19-6-2-3-10-25(19)26(32)31(18-23-8-5-15-35-23)17-20-11-13-22(14-12-20)36-37(33,34)24-9-4-7-21(16-24)27(28,29)30/h2-16H,17-18H2,1H3. The van der Waals surface area contributed by atoms with Crippen LogP contribution in [0.5, 0.6) is 5.75 Å². The molecule has 10 heteroatoms. The molecular weight excluding hydrogens is 507 g/mol. The fourth-order valence-corrected chi connectivity index (χ4v) is 4.62. The first-order valence-corrected chi connectivity index (χ1v) is 12.5. The summed E-state index contributed by atoms with van der Waals surface area (Å²) in [5.41, 5.74) is 0.946. The molecule has 37 heavy (non-hydrogen) atoms. The maximum absolute atomic E-state index is 13.3. The molecule has 0 aliphatic rings. The number of nitrogens with zero attached hydrogens (tertiary/aromatic N) is 1. The summed E-state index contributed by atoms with van der Waals surface area (Å²) in [5, 5.41) is 0. The molecule has 1 aromatic heterocycles. The van der Waals surface area contributed by atoms with E-state index in [0.29, 0.717) is 23.0 Å². The monoisotopic (exact) mass is 529 g/mol. The molecule has 0 N–H and O–H groups in total. The Kier molecular flexibility index (Phi) is 7.40. The molecule has 0 saturated heterocycles. The van der Waals surface area contributed by atoms with E-state index in [0.717, 1.165) is 23.8 Å². The first-order chi connectivity index (χ1) is 17.5. The largest absolute Gasteiger partial charge is 0.467 e. The molecule has 0 unspecified atom stereocenters. The Bertz CT molecular complexity index is 1480. The van der Waals surface area contributed by atoms with Gasteiger partial charge >= 0.3 is 16.3 Å². The van der Waals surface area contributed by atoms with Crippen LogP contribution in [0, 0.1) is 6.92 Å². The third-order valence-corrected chi connectivity index (χ3v) is 6.79. The van der Waals surface area contributed by atoms with Crippen molar-refractivity contribution in [2.45, 2.75) is 31.1 Å². The molecule has 0 spiro atoms. The van der Waals surface area contributed by atoms with Gasteiger partial charge in [0.1, 0.15) is 16.4 Å². The van der Waals surface area contributed by atoms with Gasteiger partial charge in [0, 0.05) is 12.1 Å². The second kappa shape index (κ2) is 10.5. The highest BCUT2D eigenvalue weighted by atomic mass is 32.2. The molecule has 4 rings (SSSR count). The number of hydrogen-bond acceptors (Lipinski definition) is 5. The SMILES string of the molecule is Cc1ccccc1C(=O)N(Cc1ccc(OS(=O)(=O)c2cccc(C(F)(F)F)c2)cc1)Cc1ccco1. The first-order valence-electron chi connectivity index (χ1n) is 11.1. The van der Waals surface area contributed by atoms with Gasteiger partial charge in [-0.1, -0.05) is 36.4 Å². The average molecular weight is 530 g/mol. The lowest BCUT2D eigenvalue weighted by molar-refractivity contribution is -0.137. The minimum Gasteiger partial charge on any atom is -0.467 e. The van der Waals surface area contributed by atoms with E-state index in [1.54, 1.807) is 41.3 Å². The van der Waals surface area contributed by atoms with Crippen molar-refractivity contribution in [3.05, 3.63) is 119 Å². The smallest absolute Gasteiger partial charge is 0.416 e. The molecule has 0 fully saturated rings. The number of alkyl halides is 3. The lowest BCUT2D eigenvalue weighted by Gasteiger charge is -2.23. The van der Waals surface area contributed by atoms with E-state index < -0.39 is 26.8 Å². The number of carbonyl (C=O) groups is 1. The lowest BCUT2D eigenvalue weighted by atomic mass is 10.1. The van der Waals surface area contributed by atoms with Gasteiger partial charge < -0.3 is 13.5 Å². The number of aryl methyl sites for hydroxylation is 1. The van der Waals surface area contributed by atoms with Crippen molar-refractivity contribution in [3.63, 3.8) is 0 Å². The van der Waals surface area contributed by atoms with E-state index in [9.17, 15) is 26.4 Å². The van der Waals surface area contributed by atoms with Gasteiger partial charge in [-0.15, -0.1) is 0 Å². The Morgan fingerprint density at radius 1 is 0.919 bits per heavy atom. The Labute approximate surface area is 212 Å². The van der Waals surface area contributed by atoms with Crippen molar-refractivity contribution in [2.24, 2.45) is 0 Å². The molecule has 6 nitrogen and oxygen atoms in total. The van der Waals surface area contributed by atoms with E-state index in [2.05, 4.69) is 0 Å². The molecular formula is C27H22F3NO5S. The molecule has 0 aliphatic carbocycles. The highest BCUT2D eigenvalue weighted by molar-refractivity contribution is 7.87. The topological polar surface area (TPSA) is 76.8 Å². The quantitative estimate of drug-likeness (QED) is 0.254. The van der Waals surface area contributed by atoms with Crippen LogP contribution in [-0.4, -0.2) is 19.2 Å². The summed E-state index contributed by atoms with van der Waals surface area (Å²) in [6.07, 6.45) is -3.17. The fourth-order valence-electron chi connectivity index (χ4n) is 3.65. The lowest BCUT2D eigenvalue weighted by Crippen LogP contribution is -2.30. The van der Waals surface area contributed by atoms with Gasteiger partial charge in [0.2, 0.25) is 0 Å². The van der Waals surface area contributed by atoms with Crippen LogP contribution in [-0.2, 0) is 29.4 Å². The van der Waals surface area contributed by atoms with Crippen LogP contribution < -0.4 is 4.18 Å². The predicted molar refractivity (Wildman–Crippen MR) is 129 cm³/mol. The summed E-state index contributed by atoms with van der Waals surface area (Å²) in [7, 11) is -4.50. The number of halogens is 3. The molecule has 4 aromatic rings. The van der Waals surface area contributed by atoms with Crippen LogP contribution in [0.3, 0.4) is 0 Å². The summed E-state index contributed by atoms with van der Waals surface area (Å²) in [6, 6.07) is 19.9. The predicted octanol–water partition coefficient (Wildman–Crippen LogP) is 6.22. The van der Waals surface area contributed by atoms with Gasteiger partial charge in [0.15, 0.2) is 0 Å². The van der Waals surface area contributed by atoms with Crippen molar-refractivity contribution in [1.82, 2.24) is 4.90 Å². The summed E-state index contributed by atoms with van der Waals surface area (Å²) in [5.74, 6) is 0.306. The van der Waals surface area contributed by atoms with Crippen LogP contribution in [0.25, 0.3) is 0 Å². The van der Waals surface area contributed by atoms with E-state index in [4.69, 9.17) is 8.60 Å². The second-order valence-corrected chi connectivity index (χ2v) is 9.81. The molecule has 1 amide bonds. The van der Waals surface area contributed by atoms with Crippen LogP contribution in [0.4, 0.5) is 13.2 Å². The maximum atomic E-state index is 13.3. The summed E-state index contributed by atoms with van der Waals surface area (Å²) >= 11 is 0. The second-order valence-electron chi connectivity index (χ2n) is 8.26. The van der Waals surface area contributed by atoms with Gasteiger partial charge in [-0.05, 0) is 66.6 Å². The number of rotatable bonds is 8. The number of furan rings is 1. The van der Waals surface area contributed by atoms with E-state index in [-0.39, 0.29) is 24.7 Å². The molecule has 192 valence electrons.